The van der Waals surface area contributed by atoms with E-state index in [-0.39, 0.29) is 5.91 Å². The molecule has 19 heavy (non-hydrogen) atoms. The van der Waals surface area contributed by atoms with E-state index in [1.165, 1.54) is 4.88 Å². The third-order valence-corrected chi connectivity index (χ3v) is 3.74. The van der Waals surface area contributed by atoms with E-state index in [0.717, 1.165) is 17.1 Å². The van der Waals surface area contributed by atoms with Gasteiger partial charge in [0.2, 0.25) is 0 Å². The molecule has 1 aromatic carbocycles. The number of hydrogen-bond acceptors (Lipinski definition) is 2. The van der Waals surface area contributed by atoms with Crippen molar-refractivity contribution in [3.05, 3.63) is 51.7 Å². The van der Waals surface area contributed by atoms with Crippen LogP contribution in [-0.4, -0.2) is 19.5 Å². The Balaban J connectivity index is 1.84. The highest BCUT2D eigenvalue weighted by atomic mass is 35.5. The first-order chi connectivity index (χ1) is 9.13. The van der Waals surface area contributed by atoms with Crippen LogP contribution in [0.4, 0.5) is 5.69 Å². The van der Waals surface area contributed by atoms with Gasteiger partial charge in [-0.15, -0.1) is 11.3 Å². The number of amides is 1. The van der Waals surface area contributed by atoms with Crippen molar-refractivity contribution in [1.29, 1.82) is 0 Å². The second kappa shape index (κ2) is 6.70. The zero-order valence-corrected chi connectivity index (χ0v) is 12.2. The van der Waals surface area contributed by atoms with E-state index in [1.807, 2.05) is 25.2 Å². The molecule has 1 atom stereocenters. The van der Waals surface area contributed by atoms with Gasteiger partial charge in [-0.25, -0.2) is 0 Å². The normalized spacial score (nSPS) is 12.1. The molecule has 0 saturated carbocycles. The van der Waals surface area contributed by atoms with Crippen LogP contribution in [0.2, 0.25) is 5.02 Å². The van der Waals surface area contributed by atoms with Gasteiger partial charge in [0.1, 0.15) is 6.54 Å². The van der Waals surface area contributed by atoms with Gasteiger partial charge in [0, 0.05) is 10.7 Å². The van der Waals surface area contributed by atoms with Gasteiger partial charge in [-0.3, -0.25) is 4.79 Å². The second-order valence-electron chi connectivity index (χ2n) is 4.45. The van der Waals surface area contributed by atoms with E-state index in [2.05, 4.69) is 16.8 Å². The molecule has 0 spiro atoms. The highest BCUT2D eigenvalue weighted by Gasteiger charge is 2.11. The largest absolute Gasteiger partial charge is 0.325 e. The number of carbonyl (C=O) groups is 1. The number of halogens is 1. The standard InChI is InChI=1S/C14H15ClN2OS/c1-17(9-13-6-3-7-19-13)10-14(18)16-12-5-2-4-11(15)8-12/h2-8H,9-10H2,1H3,(H,16,18)/p+1. The van der Waals surface area contributed by atoms with Gasteiger partial charge in [-0.1, -0.05) is 23.7 Å². The number of quaternary nitrogens is 1. The number of likely N-dealkylation sites (N-methyl/N-ethyl adjacent to an activating group) is 1. The average molecular weight is 296 g/mol. The van der Waals surface area contributed by atoms with E-state index in [4.69, 9.17) is 11.6 Å². The van der Waals surface area contributed by atoms with Crippen LogP contribution in [0.3, 0.4) is 0 Å². The lowest BCUT2D eigenvalue weighted by molar-refractivity contribution is -0.884. The number of nitrogens with one attached hydrogen (secondary N) is 2. The average Bonchev–Trinajstić information content (AvgIpc) is 2.81. The molecule has 1 heterocycles. The molecule has 5 heteroatoms. The van der Waals surface area contributed by atoms with Crippen LogP contribution in [-0.2, 0) is 11.3 Å². The molecule has 2 N–H and O–H groups in total. The Bertz CT molecular complexity index is 542. The lowest BCUT2D eigenvalue weighted by Crippen LogP contribution is -3.08. The number of rotatable bonds is 5. The number of thiophene rings is 1. The summed E-state index contributed by atoms with van der Waals surface area (Å²) in [6.07, 6.45) is 0. The van der Waals surface area contributed by atoms with E-state index in [0.29, 0.717) is 11.6 Å². The van der Waals surface area contributed by atoms with Crippen LogP contribution >= 0.6 is 22.9 Å². The summed E-state index contributed by atoms with van der Waals surface area (Å²) in [6.45, 7) is 1.30. The van der Waals surface area contributed by atoms with Crippen molar-refractivity contribution in [3.63, 3.8) is 0 Å². The van der Waals surface area contributed by atoms with E-state index < -0.39 is 0 Å². The minimum absolute atomic E-state index is 0.00340. The molecule has 1 unspecified atom stereocenters. The number of benzene rings is 1. The summed E-state index contributed by atoms with van der Waals surface area (Å²) in [7, 11) is 2.01. The summed E-state index contributed by atoms with van der Waals surface area (Å²) in [6, 6.07) is 11.3. The molecular formula is C14H16ClN2OS+. The minimum Gasteiger partial charge on any atom is -0.325 e. The predicted octanol–water partition coefficient (Wildman–Crippen LogP) is 2.05. The van der Waals surface area contributed by atoms with Gasteiger partial charge in [0.05, 0.1) is 11.9 Å². The van der Waals surface area contributed by atoms with E-state index in [1.54, 1.807) is 23.5 Å². The van der Waals surface area contributed by atoms with Crippen molar-refractivity contribution in [1.82, 2.24) is 0 Å². The molecule has 0 aliphatic carbocycles. The first kappa shape index (κ1) is 14.1. The molecule has 0 fully saturated rings. The minimum atomic E-state index is -0.00340. The Hall–Kier alpha value is -1.36. The molecule has 1 amide bonds. The fourth-order valence-electron chi connectivity index (χ4n) is 1.82. The zero-order valence-electron chi connectivity index (χ0n) is 10.7. The maximum Gasteiger partial charge on any atom is 0.279 e. The predicted molar refractivity (Wildman–Crippen MR) is 79.9 cm³/mol. The molecule has 0 aliphatic heterocycles. The Kier molecular flexibility index (Phi) is 4.96. The van der Waals surface area contributed by atoms with Crippen LogP contribution in [0.1, 0.15) is 4.88 Å². The Morgan fingerprint density at radius 3 is 2.89 bits per heavy atom. The van der Waals surface area contributed by atoms with Crippen LogP contribution in [0, 0.1) is 0 Å². The molecular weight excluding hydrogens is 280 g/mol. The second-order valence-corrected chi connectivity index (χ2v) is 5.92. The highest BCUT2D eigenvalue weighted by molar-refractivity contribution is 7.09. The quantitative estimate of drug-likeness (QED) is 0.870. The SMILES string of the molecule is C[NH+](CC(=O)Nc1cccc(Cl)c1)Cc1cccs1. The number of hydrogen-bond donors (Lipinski definition) is 2. The molecule has 0 aliphatic rings. The molecule has 3 nitrogen and oxygen atoms in total. The van der Waals surface area contributed by atoms with Crippen LogP contribution in [0.15, 0.2) is 41.8 Å². The topological polar surface area (TPSA) is 33.5 Å². The molecule has 0 bridgehead atoms. The zero-order chi connectivity index (χ0) is 13.7. The van der Waals surface area contributed by atoms with Crippen molar-refractivity contribution < 1.29 is 9.69 Å². The molecule has 2 rings (SSSR count). The third kappa shape index (κ3) is 4.67. The third-order valence-electron chi connectivity index (χ3n) is 2.63. The smallest absolute Gasteiger partial charge is 0.279 e. The van der Waals surface area contributed by atoms with Crippen molar-refractivity contribution in [2.45, 2.75) is 6.54 Å². The lowest BCUT2D eigenvalue weighted by atomic mass is 10.3. The monoisotopic (exact) mass is 295 g/mol. The summed E-state index contributed by atoms with van der Waals surface area (Å²) in [4.78, 5) is 14.3. The van der Waals surface area contributed by atoms with Gasteiger partial charge >= 0.3 is 0 Å². The Morgan fingerprint density at radius 2 is 2.21 bits per heavy atom. The summed E-state index contributed by atoms with van der Waals surface area (Å²) in [5, 5.41) is 5.52. The maximum atomic E-state index is 11.9. The Morgan fingerprint density at radius 1 is 1.37 bits per heavy atom. The molecule has 1 aromatic heterocycles. The first-order valence-electron chi connectivity index (χ1n) is 6.02. The highest BCUT2D eigenvalue weighted by Crippen LogP contribution is 2.14. The van der Waals surface area contributed by atoms with Crippen molar-refractivity contribution in [2.75, 3.05) is 18.9 Å². The van der Waals surface area contributed by atoms with Gasteiger partial charge in [-0.05, 0) is 29.6 Å². The Labute approximate surface area is 121 Å². The molecule has 2 aromatic rings. The molecule has 0 radical (unpaired) electrons. The fourth-order valence-corrected chi connectivity index (χ4v) is 2.83. The van der Waals surface area contributed by atoms with Gasteiger partial charge in [-0.2, -0.15) is 0 Å². The van der Waals surface area contributed by atoms with Gasteiger partial charge in [0.15, 0.2) is 6.54 Å². The summed E-state index contributed by atoms with van der Waals surface area (Å²) < 4.78 is 0. The summed E-state index contributed by atoms with van der Waals surface area (Å²) >= 11 is 7.59. The molecule has 100 valence electrons. The van der Waals surface area contributed by atoms with Crippen molar-refractivity contribution in [2.24, 2.45) is 0 Å². The van der Waals surface area contributed by atoms with Crippen LogP contribution in [0.25, 0.3) is 0 Å². The van der Waals surface area contributed by atoms with E-state index >= 15 is 0 Å². The number of anilines is 1. The molecule has 0 saturated heterocycles. The summed E-state index contributed by atoms with van der Waals surface area (Å²) in [5.74, 6) is -0.00340. The van der Waals surface area contributed by atoms with Crippen LogP contribution in [0.5, 0.6) is 0 Å². The maximum absolute atomic E-state index is 11.9. The first-order valence-corrected chi connectivity index (χ1v) is 7.28. The van der Waals surface area contributed by atoms with Crippen molar-refractivity contribution >= 4 is 34.5 Å². The van der Waals surface area contributed by atoms with Gasteiger partial charge < -0.3 is 10.2 Å². The van der Waals surface area contributed by atoms with E-state index in [9.17, 15) is 4.79 Å². The van der Waals surface area contributed by atoms with Crippen molar-refractivity contribution in [3.8, 4) is 0 Å². The van der Waals surface area contributed by atoms with Crippen LogP contribution < -0.4 is 10.2 Å². The van der Waals surface area contributed by atoms with Gasteiger partial charge in [0.25, 0.3) is 5.91 Å². The summed E-state index contributed by atoms with van der Waals surface area (Å²) in [5.41, 5.74) is 0.737. The number of carbonyl (C=O) groups excluding carboxylic acids is 1. The fraction of sp³-hybridized carbons (Fsp3) is 0.214. The lowest BCUT2D eigenvalue weighted by Gasteiger charge is -2.12.